The van der Waals surface area contributed by atoms with Crippen LogP contribution in [0.15, 0.2) is 47.3 Å². The van der Waals surface area contributed by atoms with E-state index in [4.69, 9.17) is 40.9 Å². The van der Waals surface area contributed by atoms with Gasteiger partial charge in [0.05, 0.1) is 0 Å². The maximum atomic E-state index is 9.98. The van der Waals surface area contributed by atoms with Crippen molar-refractivity contribution >= 4 is 23.1 Å². The first-order valence-corrected chi connectivity index (χ1v) is 15.9. The second-order valence-electron chi connectivity index (χ2n) is 7.77. The van der Waals surface area contributed by atoms with Crippen molar-refractivity contribution in [1.29, 1.82) is 0 Å². The second-order valence-corrected chi connectivity index (χ2v) is 7.77. The molecule has 0 aromatic rings. The van der Waals surface area contributed by atoms with E-state index >= 15 is 0 Å². The average Bonchev–Trinajstić information content (AvgIpc) is 2.90. The van der Waals surface area contributed by atoms with E-state index in [9.17, 15) is 39.6 Å². The zero-order valence-electron chi connectivity index (χ0n) is 36.1. The van der Waals surface area contributed by atoms with Crippen molar-refractivity contribution in [2.24, 2.45) is 0 Å². The van der Waals surface area contributed by atoms with Crippen LogP contribution >= 0.6 is 0 Å². The quantitative estimate of drug-likeness (QED) is 0.144. The third-order valence-electron chi connectivity index (χ3n) is 1.63. The van der Waals surface area contributed by atoms with Crippen molar-refractivity contribution in [3.05, 3.63) is 47.3 Å². The minimum absolute atomic E-state index is 0. The zero-order chi connectivity index (χ0) is 45.1. The molecule has 0 aromatic heterocycles. The molecule has 336 valence electrons. The Balaban J connectivity index is -0.0000000226. The van der Waals surface area contributed by atoms with Gasteiger partial charge in [-0.05, 0) is 52.0 Å². The summed E-state index contributed by atoms with van der Waals surface area (Å²) in [6.45, 7) is 23.3. The van der Waals surface area contributed by atoms with Crippen LogP contribution in [0.2, 0.25) is 0 Å². The largest absolute Gasteiger partial charge is 3.00 e. The van der Waals surface area contributed by atoms with Gasteiger partial charge in [-0.2, -0.15) is 0 Å². The van der Waals surface area contributed by atoms with Crippen molar-refractivity contribution < 1.29 is 157 Å². The first-order chi connectivity index (χ1) is 23.8. The van der Waals surface area contributed by atoms with Crippen LogP contribution in [0.25, 0.3) is 0 Å². The number of carbonyl (C=O) groups excluding carboxylic acids is 4. The second kappa shape index (κ2) is 124. The maximum Gasteiger partial charge on any atom is 3.00 e. The Labute approximate surface area is 388 Å². The van der Waals surface area contributed by atoms with Gasteiger partial charge < -0.3 is 61.3 Å². The van der Waals surface area contributed by atoms with Crippen LogP contribution in [-0.2, 0) is 95.6 Å². The Morgan fingerprint density at radius 1 is 0.304 bits per heavy atom. The fourth-order valence-corrected chi connectivity index (χ4v) is 1.14. The molecule has 16 nitrogen and oxygen atoms in total. The molecule has 0 unspecified atom stereocenters. The molecule has 0 amide bonds. The van der Waals surface area contributed by atoms with Gasteiger partial charge in [0.2, 0.25) is 0 Å². The van der Waals surface area contributed by atoms with Crippen molar-refractivity contribution in [3.8, 4) is 0 Å². The SMILES string of the molecule is CC(=O)/C=C(/C)[O-].CC(=O)/C=C(/C)[O-].CC(=O)/C=C(/C)[O-].CC(=O)/C=C(/C)[O-].CC[O-].CC[O-].CC[O-].CC[O-].CC[O-].CC[O-].CC[O-].CC[O-].[Ni+3].[Ni+3].[Ti+3].[Ti+3]. The number of hydrogen-bond acceptors (Lipinski definition) is 16. The Bertz CT molecular complexity index is 647. The molecule has 0 rings (SSSR count). The van der Waals surface area contributed by atoms with Crippen molar-refractivity contribution in [2.45, 2.75) is 111 Å². The molecular weight excluding hydrogens is 902 g/mol. The van der Waals surface area contributed by atoms with E-state index in [1.54, 1.807) is 55.4 Å². The van der Waals surface area contributed by atoms with E-state index in [2.05, 4.69) is 0 Å². The average molecular weight is 970 g/mol. The summed E-state index contributed by atoms with van der Waals surface area (Å²) in [5.41, 5.74) is 0. The number of rotatable bonds is 4. The number of ketones is 4. The molecule has 0 aliphatic heterocycles. The predicted octanol–water partition coefficient (Wildman–Crippen LogP) is -5.72. The van der Waals surface area contributed by atoms with E-state index in [0.717, 1.165) is 24.3 Å². The van der Waals surface area contributed by atoms with E-state index in [1.165, 1.54) is 55.4 Å². The summed E-state index contributed by atoms with van der Waals surface area (Å²) in [7, 11) is 0. The summed E-state index contributed by atoms with van der Waals surface area (Å²) >= 11 is 0. The van der Waals surface area contributed by atoms with Gasteiger partial charge in [-0.15, -0.1) is 75.9 Å². The van der Waals surface area contributed by atoms with Crippen LogP contribution in [0, 0.1) is 0 Å². The fraction of sp³-hybridized carbons (Fsp3) is 0.667. The monoisotopic (exact) mass is 968 g/mol. The van der Waals surface area contributed by atoms with Gasteiger partial charge in [0.1, 0.15) is 0 Å². The van der Waals surface area contributed by atoms with Crippen molar-refractivity contribution in [1.82, 2.24) is 0 Å². The molecule has 0 aromatic carbocycles. The first kappa shape index (κ1) is 105. The third kappa shape index (κ3) is 640. The van der Waals surface area contributed by atoms with Crippen LogP contribution < -0.4 is 61.3 Å². The number of allylic oxidation sites excluding steroid dienone is 8. The van der Waals surface area contributed by atoms with E-state index < -0.39 is 0 Å². The van der Waals surface area contributed by atoms with Gasteiger partial charge in [-0.3, -0.25) is 19.2 Å². The third-order valence-corrected chi connectivity index (χ3v) is 1.63. The smallest absolute Gasteiger partial charge is 0.876 e. The van der Waals surface area contributed by atoms with E-state index in [1.807, 2.05) is 0 Å². The Morgan fingerprint density at radius 3 is 0.357 bits per heavy atom. The standard InChI is InChI=1S/4C5H8O2.8C2H5O.2Ni.2Ti/c4*1-4(6)3-5(2)7;8*1-2-3;;;;/h4*3,6H,1-2H3;8*2H2,1H3;;;;/q;;;;8*-1;4*+3/p-4/b4*4-3-;;;;;;;;;;;;. The molecule has 0 atom stereocenters. The molecular formula is C36H68Ni2O16Ti2. The van der Waals surface area contributed by atoms with Crippen LogP contribution in [0.4, 0.5) is 0 Å². The molecule has 0 heterocycles. The number of carbonyl (C=O) groups is 4. The fourth-order valence-electron chi connectivity index (χ4n) is 1.14. The summed E-state index contributed by atoms with van der Waals surface area (Å²) in [5.74, 6) is -1.50. The van der Waals surface area contributed by atoms with Gasteiger partial charge >= 0.3 is 76.4 Å². The molecule has 0 bridgehead atoms. The van der Waals surface area contributed by atoms with Crippen molar-refractivity contribution in [2.75, 3.05) is 52.9 Å². The molecule has 0 fully saturated rings. The summed E-state index contributed by atoms with van der Waals surface area (Å²) in [4.78, 5) is 39.9. The molecule has 0 saturated carbocycles. The van der Waals surface area contributed by atoms with Crippen LogP contribution in [0.1, 0.15) is 111 Å². The Hall–Kier alpha value is -1.06. The topological polar surface area (TPSA) is 345 Å². The minimum Gasteiger partial charge on any atom is -0.876 e. The van der Waals surface area contributed by atoms with E-state index in [0.29, 0.717) is 0 Å². The molecule has 0 saturated heterocycles. The van der Waals surface area contributed by atoms with Gasteiger partial charge in [-0.25, -0.2) is 0 Å². The van der Waals surface area contributed by atoms with Crippen LogP contribution in [0.3, 0.4) is 0 Å². The van der Waals surface area contributed by atoms with Gasteiger partial charge in [0.15, 0.2) is 23.1 Å². The van der Waals surface area contributed by atoms with Gasteiger partial charge in [0.25, 0.3) is 0 Å². The number of hydrogen-bond donors (Lipinski definition) is 0. The summed E-state index contributed by atoms with van der Waals surface area (Å²) in [6.07, 6.45) is 4.22. The van der Waals surface area contributed by atoms with Crippen LogP contribution in [0.5, 0.6) is 0 Å². The Kier molecular flexibility index (Phi) is 233. The van der Waals surface area contributed by atoms with Gasteiger partial charge in [0, 0.05) is 0 Å². The van der Waals surface area contributed by atoms with Crippen LogP contribution in [-0.4, -0.2) is 76.0 Å². The summed E-state index contributed by atoms with van der Waals surface area (Å²) < 4.78 is 0. The molecule has 0 spiro atoms. The van der Waals surface area contributed by atoms with Crippen molar-refractivity contribution in [3.63, 3.8) is 0 Å². The maximum absolute atomic E-state index is 9.98. The minimum atomic E-state index is -0.187. The molecule has 0 N–H and O–H groups in total. The summed E-state index contributed by atoms with van der Waals surface area (Å²) in [6, 6.07) is 0. The molecule has 20 heteroatoms. The van der Waals surface area contributed by atoms with E-state index in [-0.39, 0.29) is 175 Å². The molecule has 0 aliphatic carbocycles. The zero-order valence-corrected chi connectivity index (χ0v) is 41.2. The first-order valence-electron chi connectivity index (χ1n) is 15.9. The molecule has 0 aliphatic rings. The molecule has 56 heavy (non-hydrogen) atoms. The van der Waals surface area contributed by atoms with Gasteiger partial charge in [-0.1, -0.05) is 83.1 Å². The normalized spacial score (nSPS) is 8.29. The predicted molar refractivity (Wildman–Crippen MR) is 182 cm³/mol. The Morgan fingerprint density at radius 2 is 0.357 bits per heavy atom. The summed E-state index contributed by atoms with van der Waals surface area (Å²) in [5, 5.41) is 111. The molecule has 4 radical (unpaired) electrons.